The van der Waals surface area contributed by atoms with Gasteiger partial charge in [-0.3, -0.25) is 0 Å². The molecule has 2 heteroatoms. The van der Waals surface area contributed by atoms with Crippen LogP contribution >= 0.6 is 0 Å². The molecule has 17 heavy (non-hydrogen) atoms. The van der Waals surface area contributed by atoms with Gasteiger partial charge in [-0.2, -0.15) is 0 Å². The van der Waals surface area contributed by atoms with Gasteiger partial charge in [0.15, 0.2) is 0 Å². The molecule has 0 fully saturated rings. The summed E-state index contributed by atoms with van der Waals surface area (Å²) in [5.41, 5.74) is 1.05. The maximum atomic E-state index is 5.79. The van der Waals surface area contributed by atoms with Crippen molar-refractivity contribution < 1.29 is 4.74 Å². The second-order valence-electron chi connectivity index (χ2n) is 4.29. The van der Waals surface area contributed by atoms with E-state index in [2.05, 4.69) is 17.8 Å². The second-order valence-corrected chi connectivity index (χ2v) is 4.29. The Balaban J connectivity index is 2.02. The topological polar surface area (TPSA) is 21.6 Å². The first-order valence-corrected chi connectivity index (χ1v) is 6.04. The zero-order chi connectivity index (χ0) is 12.1. The van der Waals surface area contributed by atoms with Crippen LogP contribution in [-0.4, -0.2) is 18.0 Å². The van der Waals surface area contributed by atoms with Crippen LogP contribution < -0.4 is 0 Å². The molecule has 2 unspecified atom stereocenters. The molecule has 0 aliphatic carbocycles. The van der Waals surface area contributed by atoms with Gasteiger partial charge in [-0.05, 0) is 31.9 Å². The molecule has 1 aliphatic rings. The highest BCUT2D eigenvalue weighted by atomic mass is 16.5. The van der Waals surface area contributed by atoms with Crippen LogP contribution in [0.3, 0.4) is 0 Å². The fourth-order valence-corrected chi connectivity index (χ4v) is 1.98. The van der Waals surface area contributed by atoms with Crippen LogP contribution in [0.15, 0.2) is 35.3 Å². The number of unbranched alkanes of at least 4 members (excludes halogenated alkanes) is 1. The number of terminal acetylenes is 1. The Morgan fingerprint density at radius 3 is 2.82 bits per heavy atom. The SMILES string of the molecule is C#CCCCC1N=C(c2ccccc2)OC1C. The average molecular weight is 227 g/mol. The lowest BCUT2D eigenvalue weighted by Crippen LogP contribution is -2.18. The first kappa shape index (κ1) is 11.7. The molecule has 0 saturated heterocycles. The molecule has 0 N–H and O–H groups in total. The Kier molecular flexibility index (Phi) is 3.82. The number of nitrogens with zero attached hydrogens (tertiary/aromatic N) is 1. The van der Waals surface area contributed by atoms with Gasteiger partial charge in [-0.25, -0.2) is 4.99 Å². The van der Waals surface area contributed by atoms with Crippen LogP contribution in [0, 0.1) is 12.3 Å². The van der Waals surface area contributed by atoms with Crippen LogP contribution in [0.2, 0.25) is 0 Å². The van der Waals surface area contributed by atoms with E-state index in [-0.39, 0.29) is 12.1 Å². The maximum absolute atomic E-state index is 5.79. The van der Waals surface area contributed by atoms with E-state index < -0.39 is 0 Å². The molecule has 2 rings (SSSR count). The van der Waals surface area contributed by atoms with E-state index in [9.17, 15) is 0 Å². The molecular weight excluding hydrogens is 210 g/mol. The van der Waals surface area contributed by atoms with Gasteiger partial charge < -0.3 is 4.74 Å². The van der Waals surface area contributed by atoms with Crippen molar-refractivity contribution in [1.82, 2.24) is 0 Å². The molecule has 0 aromatic heterocycles. The summed E-state index contributed by atoms with van der Waals surface area (Å²) in [4.78, 5) is 4.64. The van der Waals surface area contributed by atoms with E-state index in [1.807, 2.05) is 30.3 Å². The Morgan fingerprint density at radius 1 is 1.35 bits per heavy atom. The molecule has 1 heterocycles. The minimum atomic E-state index is 0.156. The molecule has 1 aromatic rings. The zero-order valence-electron chi connectivity index (χ0n) is 10.1. The second kappa shape index (κ2) is 5.54. The van der Waals surface area contributed by atoms with Gasteiger partial charge >= 0.3 is 0 Å². The predicted molar refractivity (Wildman–Crippen MR) is 70.0 cm³/mol. The first-order valence-electron chi connectivity index (χ1n) is 6.04. The van der Waals surface area contributed by atoms with E-state index in [4.69, 9.17) is 11.2 Å². The van der Waals surface area contributed by atoms with Crippen molar-refractivity contribution >= 4 is 5.90 Å². The minimum absolute atomic E-state index is 0.156. The third kappa shape index (κ3) is 2.88. The number of hydrogen-bond acceptors (Lipinski definition) is 2. The predicted octanol–water partition coefficient (Wildman–Crippen LogP) is 3.02. The Morgan fingerprint density at radius 2 is 2.12 bits per heavy atom. The summed E-state index contributed by atoms with van der Waals surface area (Å²) >= 11 is 0. The largest absolute Gasteiger partial charge is 0.472 e. The lowest BCUT2D eigenvalue weighted by Gasteiger charge is -2.11. The Hall–Kier alpha value is -1.75. The van der Waals surface area contributed by atoms with Crippen LogP contribution in [0.4, 0.5) is 0 Å². The zero-order valence-corrected chi connectivity index (χ0v) is 10.1. The number of rotatable bonds is 4. The number of hydrogen-bond donors (Lipinski definition) is 0. The van der Waals surface area contributed by atoms with Crippen LogP contribution in [0.5, 0.6) is 0 Å². The molecule has 0 bridgehead atoms. The van der Waals surface area contributed by atoms with Gasteiger partial charge in [0.2, 0.25) is 5.90 Å². The highest BCUT2D eigenvalue weighted by Crippen LogP contribution is 2.21. The number of aliphatic imine (C=N–C) groups is 1. The highest BCUT2D eigenvalue weighted by Gasteiger charge is 2.26. The summed E-state index contributed by atoms with van der Waals surface area (Å²) in [6, 6.07) is 10.3. The van der Waals surface area contributed by atoms with Gasteiger partial charge in [-0.15, -0.1) is 12.3 Å². The summed E-state index contributed by atoms with van der Waals surface area (Å²) in [5.74, 6) is 3.43. The Bertz CT molecular complexity index is 430. The molecule has 0 spiro atoms. The summed E-state index contributed by atoms with van der Waals surface area (Å²) < 4.78 is 5.79. The fourth-order valence-electron chi connectivity index (χ4n) is 1.98. The minimum Gasteiger partial charge on any atom is -0.472 e. The Labute approximate surface area is 103 Å². The number of benzene rings is 1. The average Bonchev–Trinajstić information content (AvgIpc) is 2.73. The van der Waals surface area contributed by atoms with E-state index in [1.165, 1.54) is 0 Å². The third-order valence-electron chi connectivity index (χ3n) is 2.96. The lowest BCUT2D eigenvalue weighted by atomic mass is 10.1. The van der Waals surface area contributed by atoms with E-state index in [0.29, 0.717) is 0 Å². The van der Waals surface area contributed by atoms with Crippen molar-refractivity contribution in [3.63, 3.8) is 0 Å². The van der Waals surface area contributed by atoms with E-state index >= 15 is 0 Å². The van der Waals surface area contributed by atoms with Gasteiger partial charge in [0.1, 0.15) is 6.10 Å². The normalized spacial score (nSPS) is 22.7. The van der Waals surface area contributed by atoms with Gasteiger partial charge in [-0.1, -0.05) is 18.2 Å². The number of ether oxygens (including phenoxy) is 1. The maximum Gasteiger partial charge on any atom is 0.216 e. The van der Waals surface area contributed by atoms with Gasteiger partial charge in [0.25, 0.3) is 0 Å². The quantitative estimate of drug-likeness (QED) is 0.572. The smallest absolute Gasteiger partial charge is 0.216 e. The van der Waals surface area contributed by atoms with Crippen LogP contribution in [0.1, 0.15) is 31.7 Å². The van der Waals surface area contributed by atoms with Crippen LogP contribution in [-0.2, 0) is 4.74 Å². The standard InChI is InChI=1S/C15H17NO/c1-3-4-6-11-14-12(2)17-15(16-14)13-9-7-5-8-10-13/h1,5,7-10,12,14H,4,6,11H2,2H3. The van der Waals surface area contributed by atoms with Crippen molar-refractivity contribution in [2.75, 3.05) is 0 Å². The van der Waals surface area contributed by atoms with Crippen LogP contribution in [0.25, 0.3) is 0 Å². The molecule has 2 nitrogen and oxygen atoms in total. The summed E-state index contributed by atoms with van der Waals surface area (Å²) in [7, 11) is 0. The molecular formula is C15H17NO. The highest BCUT2D eigenvalue weighted by molar-refractivity contribution is 5.95. The summed E-state index contributed by atoms with van der Waals surface area (Å²) in [6.07, 6.45) is 8.24. The van der Waals surface area contributed by atoms with Gasteiger partial charge in [0, 0.05) is 12.0 Å². The molecule has 2 atom stereocenters. The first-order chi connectivity index (χ1) is 8.31. The molecule has 1 aromatic carbocycles. The van der Waals surface area contributed by atoms with E-state index in [0.717, 1.165) is 30.7 Å². The molecule has 0 amide bonds. The van der Waals surface area contributed by atoms with Crippen molar-refractivity contribution in [3.8, 4) is 12.3 Å². The molecule has 88 valence electrons. The van der Waals surface area contributed by atoms with E-state index in [1.54, 1.807) is 0 Å². The lowest BCUT2D eigenvalue weighted by molar-refractivity contribution is 0.207. The monoisotopic (exact) mass is 227 g/mol. The van der Waals surface area contributed by atoms with Gasteiger partial charge in [0.05, 0.1) is 6.04 Å². The third-order valence-corrected chi connectivity index (χ3v) is 2.96. The van der Waals surface area contributed by atoms with Crippen molar-refractivity contribution in [2.24, 2.45) is 4.99 Å². The molecule has 1 aliphatic heterocycles. The fraction of sp³-hybridized carbons (Fsp3) is 0.400. The van der Waals surface area contributed by atoms with Crippen molar-refractivity contribution in [1.29, 1.82) is 0 Å². The van der Waals surface area contributed by atoms with Crippen molar-refractivity contribution in [3.05, 3.63) is 35.9 Å². The van der Waals surface area contributed by atoms with Crippen molar-refractivity contribution in [2.45, 2.75) is 38.3 Å². The summed E-state index contributed by atoms with van der Waals surface area (Å²) in [6.45, 7) is 2.07. The summed E-state index contributed by atoms with van der Waals surface area (Å²) in [5, 5.41) is 0. The molecule has 0 radical (unpaired) electrons. The molecule has 0 saturated carbocycles.